The van der Waals surface area contributed by atoms with E-state index in [4.69, 9.17) is 10.7 Å². The van der Waals surface area contributed by atoms with Gasteiger partial charge in [-0.1, -0.05) is 28.9 Å². The lowest BCUT2D eigenvalue weighted by Gasteiger charge is -2.03. The van der Waals surface area contributed by atoms with Gasteiger partial charge >= 0.3 is 0 Å². The fourth-order valence-corrected chi connectivity index (χ4v) is 2.73. The van der Waals surface area contributed by atoms with Crippen molar-refractivity contribution in [3.05, 3.63) is 33.8 Å². The molecule has 0 heterocycles. The maximum atomic E-state index is 10.9. The molecule has 1 aromatic carbocycles. The zero-order valence-electron chi connectivity index (χ0n) is 7.63. The van der Waals surface area contributed by atoms with Gasteiger partial charge in [-0.2, -0.15) is 0 Å². The number of rotatable bonds is 3. The Morgan fingerprint density at radius 2 is 1.86 bits per heavy atom. The van der Waals surface area contributed by atoms with Crippen molar-refractivity contribution in [3.8, 4) is 0 Å². The average molecular weight is 298 g/mol. The van der Waals surface area contributed by atoms with Crippen molar-refractivity contribution in [3.63, 3.8) is 0 Å². The van der Waals surface area contributed by atoms with Crippen molar-refractivity contribution < 1.29 is 8.42 Å². The summed E-state index contributed by atoms with van der Waals surface area (Å²) in [7, 11) is 1.70. The molecular formula is C9H10BrClO2S. The molecule has 0 fully saturated rings. The molecule has 0 radical (unpaired) electrons. The highest BCUT2D eigenvalue weighted by Crippen LogP contribution is 2.19. The molecule has 78 valence electrons. The van der Waals surface area contributed by atoms with Gasteiger partial charge in [-0.25, -0.2) is 8.42 Å². The first kappa shape index (κ1) is 12.0. The van der Waals surface area contributed by atoms with Crippen molar-refractivity contribution in [2.24, 2.45) is 0 Å². The normalized spacial score (nSPS) is 11.6. The second-order valence-corrected chi connectivity index (χ2v) is 6.70. The predicted octanol–water partition coefficient (Wildman–Crippen LogP) is 3.08. The van der Waals surface area contributed by atoms with Crippen molar-refractivity contribution in [1.82, 2.24) is 0 Å². The van der Waals surface area contributed by atoms with Crippen LogP contribution in [0, 0.1) is 0 Å². The van der Waals surface area contributed by atoms with Gasteiger partial charge in [0.2, 0.25) is 9.05 Å². The van der Waals surface area contributed by atoms with Gasteiger partial charge in [0, 0.05) is 15.2 Å². The van der Waals surface area contributed by atoms with Gasteiger partial charge in [-0.05, 0) is 29.7 Å². The van der Waals surface area contributed by atoms with Crippen LogP contribution >= 0.6 is 26.6 Å². The fraction of sp³-hybridized carbons (Fsp3) is 0.333. The highest BCUT2D eigenvalue weighted by molar-refractivity contribution is 9.10. The maximum Gasteiger partial charge on any atom is 0.236 e. The van der Waals surface area contributed by atoms with Crippen LogP contribution in [-0.2, 0) is 21.2 Å². The molecule has 0 aliphatic carbocycles. The summed E-state index contributed by atoms with van der Waals surface area (Å²) < 4.78 is 22.6. The molecule has 0 N–H and O–H groups in total. The van der Waals surface area contributed by atoms with Gasteiger partial charge in [0.1, 0.15) is 0 Å². The van der Waals surface area contributed by atoms with Gasteiger partial charge in [-0.3, -0.25) is 0 Å². The summed E-state index contributed by atoms with van der Waals surface area (Å²) in [6, 6.07) is 5.58. The van der Waals surface area contributed by atoms with Gasteiger partial charge in [0.05, 0.1) is 5.75 Å². The highest BCUT2D eigenvalue weighted by atomic mass is 79.9. The molecule has 0 aliphatic rings. The van der Waals surface area contributed by atoms with E-state index >= 15 is 0 Å². The maximum absolute atomic E-state index is 10.9. The van der Waals surface area contributed by atoms with E-state index in [9.17, 15) is 8.42 Å². The Morgan fingerprint density at radius 3 is 2.36 bits per heavy atom. The van der Waals surface area contributed by atoms with Crippen LogP contribution in [0.25, 0.3) is 0 Å². The topological polar surface area (TPSA) is 34.1 Å². The molecule has 0 saturated heterocycles. The zero-order chi connectivity index (χ0) is 10.8. The molecule has 0 aromatic heterocycles. The van der Waals surface area contributed by atoms with E-state index in [0.29, 0.717) is 5.56 Å². The standard InChI is InChI=1S/C9H10BrClO2S/c1-2-7-3-8(5-9(10)4-7)6-14(11,12)13/h3-5H,2,6H2,1H3. The van der Waals surface area contributed by atoms with Crippen LogP contribution in [-0.4, -0.2) is 8.42 Å². The van der Waals surface area contributed by atoms with E-state index in [-0.39, 0.29) is 5.75 Å². The largest absolute Gasteiger partial charge is 0.236 e. The second-order valence-electron chi connectivity index (χ2n) is 3.00. The summed E-state index contributed by atoms with van der Waals surface area (Å²) in [5.74, 6) is -0.124. The van der Waals surface area contributed by atoms with Crippen molar-refractivity contribution in [1.29, 1.82) is 0 Å². The second kappa shape index (κ2) is 4.64. The highest BCUT2D eigenvalue weighted by Gasteiger charge is 2.08. The average Bonchev–Trinajstić information content (AvgIpc) is 1.99. The Kier molecular flexibility index (Phi) is 3.98. The Labute approximate surface area is 96.8 Å². The number of hydrogen-bond acceptors (Lipinski definition) is 2. The lowest BCUT2D eigenvalue weighted by atomic mass is 10.1. The van der Waals surface area contributed by atoms with Gasteiger partial charge in [-0.15, -0.1) is 0 Å². The van der Waals surface area contributed by atoms with Gasteiger partial charge < -0.3 is 0 Å². The molecule has 0 atom stereocenters. The molecule has 0 saturated carbocycles. The Bertz CT molecular complexity index is 428. The molecule has 0 aliphatic heterocycles. The SMILES string of the molecule is CCc1cc(Br)cc(CS(=O)(=O)Cl)c1. The first-order chi connectivity index (χ1) is 6.40. The van der Waals surface area contributed by atoms with Crippen LogP contribution in [0.5, 0.6) is 0 Å². The fourth-order valence-electron chi connectivity index (χ4n) is 1.20. The van der Waals surface area contributed by atoms with E-state index in [1.54, 1.807) is 6.07 Å². The van der Waals surface area contributed by atoms with Crippen LogP contribution in [0.4, 0.5) is 0 Å². The summed E-state index contributed by atoms with van der Waals surface area (Å²) in [5, 5.41) is 0. The van der Waals surface area contributed by atoms with E-state index in [2.05, 4.69) is 15.9 Å². The minimum absolute atomic E-state index is 0.124. The Morgan fingerprint density at radius 1 is 1.29 bits per heavy atom. The molecular weight excluding hydrogens is 288 g/mol. The number of aryl methyl sites for hydroxylation is 1. The van der Waals surface area contributed by atoms with Crippen molar-refractivity contribution >= 4 is 35.7 Å². The first-order valence-electron chi connectivity index (χ1n) is 4.11. The molecule has 2 nitrogen and oxygen atoms in total. The van der Waals surface area contributed by atoms with Crippen LogP contribution in [0.2, 0.25) is 0 Å². The van der Waals surface area contributed by atoms with E-state index < -0.39 is 9.05 Å². The summed E-state index contributed by atoms with van der Waals surface area (Å²) in [6.07, 6.45) is 0.870. The minimum atomic E-state index is -3.47. The van der Waals surface area contributed by atoms with E-state index in [1.807, 2.05) is 19.1 Å². The lowest BCUT2D eigenvalue weighted by molar-refractivity contribution is 0.609. The molecule has 0 bridgehead atoms. The van der Waals surface area contributed by atoms with Crippen molar-refractivity contribution in [2.75, 3.05) is 0 Å². The van der Waals surface area contributed by atoms with Crippen molar-refractivity contribution in [2.45, 2.75) is 19.1 Å². The zero-order valence-corrected chi connectivity index (χ0v) is 10.8. The smallest absolute Gasteiger partial charge is 0.212 e. The first-order valence-corrected chi connectivity index (χ1v) is 7.38. The number of benzene rings is 1. The third-order valence-corrected chi connectivity index (χ3v) is 3.23. The van der Waals surface area contributed by atoms with E-state index in [1.165, 1.54) is 0 Å². The van der Waals surface area contributed by atoms with Crippen LogP contribution in [0.3, 0.4) is 0 Å². The predicted molar refractivity (Wildman–Crippen MR) is 62.0 cm³/mol. The monoisotopic (exact) mass is 296 g/mol. The molecule has 1 aromatic rings. The molecule has 14 heavy (non-hydrogen) atoms. The summed E-state index contributed by atoms with van der Waals surface area (Å²) >= 11 is 3.32. The molecule has 1 rings (SSSR count). The summed E-state index contributed by atoms with van der Waals surface area (Å²) in [5.41, 5.74) is 1.81. The summed E-state index contributed by atoms with van der Waals surface area (Å²) in [4.78, 5) is 0. The molecule has 0 spiro atoms. The lowest BCUT2D eigenvalue weighted by Crippen LogP contribution is -1.96. The summed E-state index contributed by atoms with van der Waals surface area (Å²) in [6.45, 7) is 2.01. The number of halogens is 2. The third-order valence-electron chi connectivity index (χ3n) is 1.76. The van der Waals surface area contributed by atoms with Crippen LogP contribution in [0.15, 0.2) is 22.7 Å². The molecule has 0 unspecified atom stereocenters. The Hall–Kier alpha value is -0.0600. The third kappa shape index (κ3) is 3.98. The van der Waals surface area contributed by atoms with Crippen LogP contribution < -0.4 is 0 Å². The molecule has 5 heteroatoms. The van der Waals surface area contributed by atoms with Gasteiger partial charge in [0.25, 0.3) is 0 Å². The molecule has 0 amide bonds. The minimum Gasteiger partial charge on any atom is -0.212 e. The number of hydrogen-bond donors (Lipinski definition) is 0. The van der Waals surface area contributed by atoms with Gasteiger partial charge in [0.15, 0.2) is 0 Å². The van der Waals surface area contributed by atoms with Crippen LogP contribution in [0.1, 0.15) is 18.1 Å². The Balaban J connectivity index is 3.04. The van der Waals surface area contributed by atoms with E-state index in [0.717, 1.165) is 16.5 Å². The quantitative estimate of drug-likeness (QED) is 0.804.